The zero-order valence-corrected chi connectivity index (χ0v) is 28.7. The second kappa shape index (κ2) is 10.7. The highest BCUT2D eigenvalue weighted by Crippen LogP contribution is 2.76. The van der Waals surface area contributed by atoms with Crippen molar-refractivity contribution in [1.82, 2.24) is 0 Å². The number of aliphatic carboxylic acids is 1. The fraction of sp³-hybridized carbons (Fsp3) is 0.692. The topological polar surface area (TPSA) is 124 Å². The molecule has 11 atom stereocenters. The number of aliphatic hydroxyl groups is 2. The number of phenols is 1. The predicted octanol–water partition coefficient (Wildman–Crippen LogP) is 7.15. The summed E-state index contributed by atoms with van der Waals surface area (Å²) in [5, 5.41) is 44.0. The van der Waals surface area contributed by atoms with Crippen molar-refractivity contribution in [2.45, 2.75) is 118 Å². The van der Waals surface area contributed by atoms with Gasteiger partial charge in [0.05, 0.1) is 17.1 Å². The van der Waals surface area contributed by atoms with Gasteiger partial charge in [-0.05, 0) is 121 Å². The van der Waals surface area contributed by atoms with Gasteiger partial charge in [0.1, 0.15) is 11.9 Å². The molecule has 46 heavy (non-hydrogen) atoms. The molecule has 7 nitrogen and oxygen atoms in total. The normalized spacial score (nSPS) is 46.2. The molecule has 0 radical (unpaired) electrons. The largest absolute Gasteiger partial charge is 0.508 e. The number of aliphatic hydroxyl groups excluding tert-OH is 1. The first-order valence-electron chi connectivity index (χ1n) is 17.4. The van der Waals surface area contributed by atoms with Crippen molar-refractivity contribution >= 4 is 18.0 Å². The number of carbonyl (C=O) groups is 2. The highest BCUT2D eigenvalue weighted by Gasteiger charge is 2.72. The maximum Gasteiger partial charge on any atom is 0.331 e. The predicted molar refractivity (Wildman–Crippen MR) is 176 cm³/mol. The highest BCUT2D eigenvalue weighted by molar-refractivity contribution is 5.87. The SMILES string of the molecule is CC1CC[C@]2(C(=O)O)CC[C@]3(C)C(=CCC4[C@@]5(C)CC(OC(=O)C=Cc6ccc(O)cc6)C(O)C(C)(C)C5CC[C@]43C)C2[C@]1(C)O. The monoisotopic (exact) mass is 634 g/mol. The summed E-state index contributed by atoms with van der Waals surface area (Å²) >= 11 is 0. The van der Waals surface area contributed by atoms with Crippen molar-refractivity contribution in [2.75, 3.05) is 0 Å². The highest BCUT2D eigenvalue weighted by atomic mass is 16.6. The van der Waals surface area contributed by atoms with Gasteiger partial charge in [0.15, 0.2) is 0 Å². The van der Waals surface area contributed by atoms with Crippen molar-refractivity contribution in [3.8, 4) is 5.75 Å². The summed E-state index contributed by atoms with van der Waals surface area (Å²) in [5.74, 6) is -1.10. The van der Waals surface area contributed by atoms with Gasteiger partial charge in [-0.15, -0.1) is 0 Å². The first-order valence-corrected chi connectivity index (χ1v) is 17.4. The van der Waals surface area contributed by atoms with Crippen LogP contribution in [0.1, 0.15) is 105 Å². The van der Waals surface area contributed by atoms with E-state index in [-0.39, 0.29) is 39.7 Å². The van der Waals surface area contributed by atoms with E-state index < -0.39 is 46.5 Å². The minimum absolute atomic E-state index is 0.00572. The zero-order valence-electron chi connectivity index (χ0n) is 28.7. The lowest BCUT2D eigenvalue weighted by Crippen LogP contribution is -2.69. The molecule has 0 aliphatic heterocycles. The Morgan fingerprint density at radius 3 is 2.26 bits per heavy atom. The fourth-order valence-electron chi connectivity index (χ4n) is 12.0. The number of hydrogen-bond acceptors (Lipinski definition) is 6. The lowest BCUT2D eigenvalue weighted by Gasteiger charge is -2.72. The Bertz CT molecular complexity index is 1460. The van der Waals surface area contributed by atoms with Crippen molar-refractivity contribution in [2.24, 2.45) is 50.7 Å². The number of esters is 1. The third-order valence-corrected chi connectivity index (χ3v) is 15.0. The van der Waals surface area contributed by atoms with Gasteiger partial charge in [-0.3, -0.25) is 4.79 Å². The van der Waals surface area contributed by atoms with Gasteiger partial charge >= 0.3 is 11.9 Å². The quantitative estimate of drug-likeness (QED) is 0.158. The van der Waals surface area contributed by atoms with E-state index in [4.69, 9.17) is 4.74 Å². The van der Waals surface area contributed by atoms with Gasteiger partial charge in [-0.1, -0.05) is 65.3 Å². The van der Waals surface area contributed by atoms with Crippen LogP contribution in [0, 0.1) is 50.7 Å². The molecule has 4 N–H and O–H groups in total. The Kier molecular flexibility index (Phi) is 7.73. The summed E-state index contributed by atoms with van der Waals surface area (Å²) in [6.45, 7) is 15.2. The smallest absolute Gasteiger partial charge is 0.331 e. The van der Waals surface area contributed by atoms with E-state index in [1.54, 1.807) is 30.3 Å². The van der Waals surface area contributed by atoms with Crippen molar-refractivity contribution in [1.29, 1.82) is 0 Å². The lowest BCUT2D eigenvalue weighted by molar-refractivity contribution is -0.241. The second-order valence-electron chi connectivity index (χ2n) is 17.2. The average molecular weight is 635 g/mol. The number of carbonyl (C=O) groups excluding carboxylic acids is 1. The van der Waals surface area contributed by atoms with Crippen LogP contribution in [0.25, 0.3) is 6.08 Å². The summed E-state index contributed by atoms with van der Waals surface area (Å²) in [4.78, 5) is 26.1. The molecule has 252 valence electrons. The minimum Gasteiger partial charge on any atom is -0.508 e. The molecule has 0 heterocycles. The summed E-state index contributed by atoms with van der Waals surface area (Å²) in [7, 11) is 0. The van der Waals surface area contributed by atoms with Crippen LogP contribution in [0.3, 0.4) is 0 Å². The number of hydrogen-bond donors (Lipinski definition) is 4. The van der Waals surface area contributed by atoms with Crippen molar-refractivity contribution in [3.05, 3.63) is 47.6 Å². The van der Waals surface area contributed by atoms with E-state index >= 15 is 0 Å². The van der Waals surface area contributed by atoms with Gasteiger partial charge in [0.25, 0.3) is 0 Å². The van der Waals surface area contributed by atoms with E-state index in [1.165, 1.54) is 6.08 Å². The molecule has 6 rings (SSSR count). The molecule has 1 aromatic rings. The number of benzene rings is 1. The van der Waals surface area contributed by atoms with Crippen LogP contribution >= 0.6 is 0 Å². The van der Waals surface area contributed by atoms with Gasteiger partial charge < -0.3 is 25.2 Å². The third kappa shape index (κ3) is 4.50. The maximum atomic E-state index is 13.1. The van der Waals surface area contributed by atoms with Gasteiger partial charge in [-0.2, -0.15) is 0 Å². The molecule has 1 aromatic carbocycles. The van der Waals surface area contributed by atoms with Crippen LogP contribution in [-0.2, 0) is 14.3 Å². The summed E-state index contributed by atoms with van der Waals surface area (Å²) in [6, 6.07) is 6.56. The number of phenolic OH excluding ortho intramolecular Hbond substituents is 1. The molecule has 4 fully saturated rings. The molecule has 6 unspecified atom stereocenters. The molecular formula is C39H54O7. The molecule has 4 saturated carbocycles. The van der Waals surface area contributed by atoms with E-state index in [0.29, 0.717) is 25.7 Å². The van der Waals surface area contributed by atoms with Crippen LogP contribution in [-0.4, -0.2) is 50.2 Å². The number of aromatic hydroxyl groups is 1. The van der Waals surface area contributed by atoms with Crippen molar-refractivity contribution in [3.63, 3.8) is 0 Å². The Balaban J connectivity index is 1.35. The summed E-state index contributed by atoms with van der Waals surface area (Å²) in [6.07, 6.45) is 9.73. The van der Waals surface area contributed by atoms with E-state index in [0.717, 1.165) is 36.8 Å². The first-order chi connectivity index (χ1) is 21.3. The molecular weight excluding hydrogens is 580 g/mol. The molecule has 7 heteroatoms. The third-order valence-electron chi connectivity index (χ3n) is 15.0. The number of rotatable bonds is 4. The van der Waals surface area contributed by atoms with E-state index in [1.807, 2.05) is 6.92 Å². The second-order valence-corrected chi connectivity index (χ2v) is 17.2. The Morgan fingerprint density at radius 2 is 1.61 bits per heavy atom. The van der Waals surface area contributed by atoms with Crippen LogP contribution in [0.2, 0.25) is 0 Å². The number of allylic oxidation sites excluding steroid dienone is 1. The van der Waals surface area contributed by atoms with E-state index in [9.17, 15) is 30.0 Å². The molecule has 0 saturated heterocycles. The first kappa shape index (κ1) is 33.3. The van der Waals surface area contributed by atoms with Gasteiger partial charge in [0.2, 0.25) is 0 Å². The standard InChI is InChI=1S/C39H54O7/c1-23-16-19-39(33(43)44)21-20-36(5)26(31(39)38(23,7)45)13-14-29-35(4)22-27(32(42)34(2,3)28(35)17-18-37(29,36)6)46-30(41)15-10-24-8-11-25(40)12-9-24/h8-13,15,23,27-29,31-32,40,42,45H,14,16-22H2,1-7H3,(H,43,44)/t23?,27?,28?,29?,31?,32?,35-,36+,37+,38+,39-/m0/s1. The molecule has 0 spiro atoms. The maximum absolute atomic E-state index is 13.1. The van der Waals surface area contributed by atoms with E-state index in [2.05, 4.69) is 47.6 Å². The number of carboxylic acids is 1. The van der Waals surface area contributed by atoms with Gasteiger partial charge in [0, 0.05) is 12.0 Å². The summed E-state index contributed by atoms with van der Waals surface area (Å²) in [5.41, 5.74) is -1.32. The number of carboxylic acid groups (broad SMARTS) is 1. The van der Waals surface area contributed by atoms with Gasteiger partial charge in [-0.25, -0.2) is 4.79 Å². The zero-order chi connectivity index (χ0) is 33.7. The Morgan fingerprint density at radius 1 is 0.935 bits per heavy atom. The fourth-order valence-corrected chi connectivity index (χ4v) is 12.0. The van der Waals surface area contributed by atoms with Crippen LogP contribution in [0.5, 0.6) is 5.75 Å². The van der Waals surface area contributed by atoms with Crippen LogP contribution in [0.15, 0.2) is 42.0 Å². The molecule has 5 aliphatic rings. The number of fused-ring (bicyclic) bond motifs is 7. The Labute approximate surface area is 274 Å². The minimum atomic E-state index is -1.11. The molecule has 0 aromatic heterocycles. The molecule has 5 aliphatic carbocycles. The molecule has 0 amide bonds. The van der Waals surface area contributed by atoms with Crippen LogP contribution < -0.4 is 0 Å². The average Bonchev–Trinajstić information content (AvgIpc) is 2.97. The Hall–Kier alpha value is -2.64. The summed E-state index contributed by atoms with van der Waals surface area (Å²) < 4.78 is 6.05. The van der Waals surface area contributed by atoms with Crippen molar-refractivity contribution < 1.29 is 34.8 Å². The van der Waals surface area contributed by atoms with Crippen LogP contribution in [0.4, 0.5) is 0 Å². The lowest BCUT2D eigenvalue weighted by atomic mass is 9.33. The number of ether oxygens (including phenoxy) is 1. The molecule has 0 bridgehead atoms.